The molecule has 0 saturated carbocycles. The summed E-state index contributed by atoms with van der Waals surface area (Å²) in [5, 5.41) is 8.95. The SMILES string of the molecule is C/C(=N\NC(=O)CNC(=O)c1ccccc1)c1ccc2ccccc2c1. The molecule has 26 heavy (non-hydrogen) atoms. The molecule has 5 heteroatoms. The van der Waals surface area contributed by atoms with E-state index in [-0.39, 0.29) is 18.4 Å². The lowest BCUT2D eigenvalue weighted by Crippen LogP contribution is -2.35. The lowest BCUT2D eigenvalue weighted by Gasteiger charge is -2.06. The van der Waals surface area contributed by atoms with Gasteiger partial charge in [0.1, 0.15) is 0 Å². The van der Waals surface area contributed by atoms with Crippen LogP contribution in [0, 0.1) is 0 Å². The third kappa shape index (κ3) is 4.33. The molecule has 5 nitrogen and oxygen atoms in total. The standard InChI is InChI=1S/C21H19N3O2/c1-15(18-12-11-16-7-5-6-10-19(16)13-18)23-24-20(25)14-22-21(26)17-8-3-2-4-9-17/h2-13H,14H2,1H3,(H,22,26)(H,24,25)/b23-15+. The maximum absolute atomic E-state index is 11.9. The highest BCUT2D eigenvalue weighted by molar-refractivity contribution is 6.02. The first kappa shape index (κ1) is 17.4. The fourth-order valence-electron chi connectivity index (χ4n) is 2.52. The molecule has 0 bridgehead atoms. The van der Waals surface area contributed by atoms with Gasteiger partial charge in [-0.1, -0.05) is 54.6 Å². The molecule has 0 aliphatic heterocycles. The Morgan fingerprint density at radius 2 is 1.54 bits per heavy atom. The third-order valence-corrected chi connectivity index (χ3v) is 3.96. The van der Waals surface area contributed by atoms with Gasteiger partial charge in [0.2, 0.25) is 0 Å². The predicted octanol–water partition coefficient (Wildman–Crippen LogP) is 3.11. The molecule has 3 rings (SSSR count). The number of nitrogens with one attached hydrogen (secondary N) is 2. The quantitative estimate of drug-likeness (QED) is 0.551. The average molecular weight is 345 g/mol. The van der Waals surface area contributed by atoms with Gasteiger partial charge in [0.05, 0.1) is 12.3 Å². The largest absolute Gasteiger partial charge is 0.343 e. The van der Waals surface area contributed by atoms with Crippen molar-refractivity contribution in [3.63, 3.8) is 0 Å². The van der Waals surface area contributed by atoms with Gasteiger partial charge in [-0.05, 0) is 41.5 Å². The maximum atomic E-state index is 11.9. The van der Waals surface area contributed by atoms with Crippen molar-refractivity contribution in [2.75, 3.05) is 6.54 Å². The van der Waals surface area contributed by atoms with Crippen molar-refractivity contribution in [1.29, 1.82) is 0 Å². The zero-order valence-electron chi connectivity index (χ0n) is 14.4. The minimum atomic E-state index is -0.380. The number of hydrogen-bond donors (Lipinski definition) is 2. The summed E-state index contributed by atoms with van der Waals surface area (Å²) < 4.78 is 0. The van der Waals surface area contributed by atoms with Gasteiger partial charge in [-0.2, -0.15) is 5.10 Å². The summed E-state index contributed by atoms with van der Waals surface area (Å²) in [6, 6.07) is 22.8. The minimum absolute atomic E-state index is 0.137. The Morgan fingerprint density at radius 3 is 2.31 bits per heavy atom. The summed E-state index contributed by atoms with van der Waals surface area (Å²) in [7, 11) is 0. The van der Waals surface area contributed by atoms with Crippen LogP contribution >= 0.6 is 0 Å². The van der Waals surface area contributed by atoms with Gasteiger partial charge < -0.3 is 5.32 Å². The number of amides is 2. The van der Waals surface area contributed by atoms with Crippen molar-refractivity contribution in [1.82, 2.24) is 10.7 Å². The van der Waals surface area contributed by atoms with Crippen LogP contribution in [0.5, 0.6) is 0 Å². The number of benzene rings is 3. The van der Waals surface area contributed by atoms with Crippen LogP contribution < -0.4 is 10.7 Å². The zero-order valence-corrected chi connectivity index (χ0v) is 14.4. The van der Waals surface area contributed by atoms with E-state index >= 15 is 0 Å². The molecule has 0 heterocycles. The van der Waals surface area contributed by atoms with Crippen LogP contribution in [0.4, 0.5) is 0 Å². The van der Waals surface area contributed by atoms with E-state index in [2.05, 4.69) is 15.8 Å². The number of hydrogen-bond acceptors (Lipinski definition) is 3. The number of hydrazone groups is 1. The average Bonchev–Trinajstić information content (AvgIpc) is 2.70. The lowest BCUT2D eigenvalue weighted by atomic mass is 10.0. The summed E-state index contributed by atoms with van der Waals surface area (Å²) in [5.41, 5.74) is 4.60. The molecule has 3 aromatic rings. The van der Waals surface area contributed by atoms with Gasteiger partial charge in [0, 0.05) is 5.56 Å². The molecule has 0 aliphatic rings. The Morgan fingerprint density at radius 1 is 0.846 bits per heavy atom. The number of carbonyl (C=O) groups excluding carboxylic acids is 2. The summed E-state index contributed by atoms with van der Waals surface area (Å²) >= 11 is 0. The second-order valence-electron chi connectivity index (χ2n) is 5.84. The summed E-state index contributed by atoms with van der Waals surface area (Å²) in [6.07, 6.45) is 0. The number of nitrogens with zero attached hydrogens (tertiary/aromatic N) is 1. The van der Waals surface area contributed by atoms with E-state index in [0.29, 0.717) is 11.3 Å². The fraction of sp³-hybridized carbons (Fsp3) is 0.0952. The summed E-state index contributed by atoms with van der Waals surface area (Å²) in [4.78, 5) is 23.8. The number of carbonyl (C=O) groups is 2. The molecule has 2 amide bonds. The zero-order chi connectivity index (χ0) is 18.4. The molecule has 0 fully saturated rings. The highest BCUT2D eigenvalue weighted by Crippen LogP contribution is 2.16. The second-order valence-corrected chi connectivity index (χ2v) is 5.84. The predicted molar refractivity (Wildman–Crippen MR) is 103 cm³/mol. The molecule has 2 N–H and O–H groups in total. The van der Waals surface area contributed by atoms with Gasteiger partial charge in [0.25, 0.3) is 11.8 Å². The first-order chi connectivity index (χ1) is 12.6. The van der Waals surface area contributed by atoms with Gasteiger partial charge >= 0.3 is 0 Å². The van der Waals surface area contributed by atoms with E-state index in [1.54, 1.807) is 24.3 Å². The highest BCUT2D eigenvalue weighted by Gasteiger charge is 2.07. The number of fused-ring (bicyclic) bond motifs is 1. The van der Waals surface area contributed by atoms with Crippen LogP contribution in [0.2, 0.25) is 0 Å². The Balaban J connectivity index is 1.57. The van der Waals surface area contributed by atoms with E-state index in [4.69, 9.17) is 0 Å². The third-order valence-electron chi connectivity index (χ3n) is 3.96. The van der Waals surface area contributed by atoms with Gasteiger partial charge in [-0.15, -0.1) is 0 Å². The van der Waals surface area contributed by atoms with Crippen molar-refractivity contribution >= 4 is 28.3 Å². The molecular weight excluding hydrogens is 326 g/mol. The van der Waals surface area contributed by atoms with Crippen LogP contribution in [0.1, 0.15) is 22.8 Å². The molecule has 0 atom stereocenters. The fourth-order valence-corrected chi connectivity index (χ4v) is 2.52. The van der Waals surface area contributed by atoms with E-state index < -0.39 is 0 Å². The first-order valence-corrected chi connectivity index (χ1v) is 8.29. The van der Waals surface area contributed by atoms with Crippen LogP contribution in [-0.2, 0) is 4.79 Å². The van der Waals surface area contributed by atoms with E-state index in [1.165, 1.54) is 0 Å². The highest BCUT2D eigenvalue weighted by atomic mass is 16.2. The van der Waals surface area contributed by atoms with Gasteiger partial charge in [0.15, 0.2) is 0 Å². The summed E-state index contributed by atoms with van der Waals surface area (Å²) in [6.45, 7) is 1.69. The first-order valence-electron chi connectivity index (χ1n) is 8.29. The Bertz CT molecular complexity index is 965. The molecule has 130 valence electrons. The topological polar surface area (TPSA) is 70.6 Å². The molecule has 0 spiro atoms. The van der Waals surface area contributed by atoms with Crippen molar-refractivity contribution in [3.8, 4) is 0 Å². The molecule has 0 radical (unpaired) electrons. The van der Waals surface area contributed by atoms with Gasteiger partial charge in [-0.25, -0.2) is 5.43 Å². The lowest BCUT2D eigenvalue weighted by molar-refractivity contribution is -0.120. The Labute approximate surface area is 151 Å². The van der Waals surface area contributed by atoms with Crippen LogP contribution in [0.25, 0.3) is 10.8 Å². The van der Waals surface area contributed by atoms with Crippen LogP contribution in [0.15, 0.2) is 77.9 Å². The Hall–Kier alpha value is -3.47. The molecule has 0 saturated heterocycles. The summed E-state index contributed by atoms with van der Waals surface area (Å²) in [5.74, 6) is -0.676. The molecule has 3 aromatic carbocycles. The van der Waals surface area contributed by atoms with Crippen molar-refractivity contribution in [3.05, 3.63) is 83.9 Å². The molecular formula is C21H19N3O2. The van der Waals surface area contributed by atoms with Crippen molar-refractivity contribution < 1.29 is 9.59 Å². The smallest absolute Gasteiger partial charge is 0.259 e. The molecule has 0 unspecified atom stereocenters. The number of rotatable bonds is 5. The maximum Gasteiger partial charge on any atom is 0.259 e. The molecule has 0 aromatic heterocycles. The molecule has 0 aliphatic carbocycles. The van der Waals surface area contributed by atoms with Crippen LogP contribution in [-0.4, -0.2) is 24.1 Å². The van der Waals surface area contributed by atoms with E-state index in [1.807, 2.05) is 55.5 Å². The second kappa shape index (κ2) is 8.07. The van der Waals surface area contributed by atoms with E-state index in [0.717, 1.165) is 16.3 Å². The van der Waals surface area contributed by atoms with Crippen molar-refractivity contribution in [2.45, 2.75) is 6.92 Å². The minimum Gasteiger partial charge on any atom is -0.343 e. The normalized spacial score (nSPS) is 11.2. The van der Waals surface area contributed by atoms with Crippen LogP contribution in [0.3, 0.4) is 0 Å². The van der Waals surface area contributed by atoms with Gasteiger partial charge in [-0.3, -0.25) is 9.59 Å². The Kier molecular flexibility index (Phi) is 5.39. The van der Waals surface area contributed by atoms with Crippen molar-refractivity contribution in [2.24, 2.45) is 5.10 Å². The van der Waals surface area contributed by atoms with E-state index in [9.17, 15) is 9.59 Å². The monoisotopic (exact) mass is 345 g/mol.